The van der Waals surface area contributed by atoms with Crippen LogP contribution in [0, 0.1) is 0 Å². The molecule has 2 N–H and O–H groups in total. The first-order chi connectivity index (χ1) is 8.77. The second-order valence-electron chi connectivity index (χ2n) is 5.83. The first-order valence-electron chi connectivity index (χ1n) is 6.32. The Kier molecular flexibility index (Phi) is 3.47. The van der Waals surface area contributed by atoms with E-state index in [0.29, 0.717) is 5.69 Å². The number of imidazole rings is 1. The van der Waals surface area contributed by atoms with Crippen molar-refractivity contribution in [1.82, 2.24) is 9.97 Å². The third kappa shape index (κ3) is 3.03. The molecule has 104 valence electrons. The van der Waals surface area contributed by atoms with Gasteiger partial charge in [-0.2, -0.15) is 0 Å². The Bertz CT molecular complexity index is 570. The number of aromatic amines is 1. The summed E-state index contributed by atoms with van der Waals surface area (Å²) < 4.78 is 25.0. The van der Waals surface area contributed by atoms with Gasteiger partial charge in [0.15, 0.2) is 0 Å². The van der Waals surface area contributed by atoms with E-state index in [1.165, 1.54) is 6.92 Å². The van der Waals surface area contributed by atoms with Crippen molar-refractivity contribution in [3.05, 3.63) is 24.0 Å². The number of halogens is 2. The van der Waals surface area contributed by atoms with Gasteiger partial charge in [0.05, 0.1) is 17.1 Å². The second kappa shape index (κ2) is 4.79. The van der Waals surface area contributed by atoms with Crippen molar-refractivity contribution in [2.45, 2.75) is 45.6 Å². The van der Waals surface area contributed by atoms with Gasteiger partial charge in [0.1, 0.15) is 5.82 Å². The zero-order valence-corrected chi connectivity index (χ0v) is 11.6. The number of aromatic nitrogens is 2. The molecule has 1 atom stereocenters. The summed E-state index contributed by atoms with van der Waals surface area (Å²) in [7, 11) is 0. The van der Waals surface area contributed by atoms with Gasteiger partial charge < -0.3 is 10.3 Å². The minimum absolute atomic E-state index is 0.0666. The van der Waals surface area contributed by atoms with Crippen molar-refractivity contribution in [1.29, 1.82) is 0 Å². The quantitative estimate of drug-likeness (QED) is 0.884. The average molecular weight is 267 g/mol. The number of hydrogen-bond donors (Lipinski definition) is 2. The molecule has 1 heterocycles. The Morgan fingerprint density at radius 3 is 2.53 bits per heavy atom. The van der Waals surface area contributed by atoms with Gasteiger partial charge in [0.2, 0.25) is 0 Å². The number of hydrogen-bond acceptors (Lipinski definition) is 2. The highest BCUT2D eigenvalue weighted by Crippen LogP contribution is 2.24. The molecule has 0 saturated carbocycles. The number of H-pyrrole nitrogens is 1. The molecule has 0 amide bonds. The molecule has 1 unspecified atom stereocenters. The third-order valence-electron chi connectivity index (χ3n) is 2.96. The smallest absolute Gasteiger partial charge is 0.258 e. The monoisotopic (exact) mass is 267 g/mol. The Morgan fingerprint density at radius 1 is 1.26 bits per heavy atom. The predicted molar refractivity (Wildman–Crippen MR) is 73.9 cm³/mol. The third-order valence-corrected chi connectivity index (χ3v) is 2.96. The summed E-state index contributed by atoms with van der Waals surface area (Å²) in [6, 6.07) is 4.55. The number of benzene rings is 1. The lowest BCUT2D eigenvalue weighted by Crippen LogP contribution is -2.23. The van der Waals surface area contributed by atoms with Crippen LogP contribution in [0.3, 0.4) is 0 Å². The Morgan fingerprint density at radius 2 is 1.95 bits per heavy atom. The summed E-state index contributed by atoms with van der Waals surface area (Å²) >= 11 is 0. The zero-order chi connectivity index (χ0) is 14.2. The minimum atomic E-state index is -2.39. The Balaban J connectivity index is 2.30. The van der Waals surface area contributed by atoms with E-state index < -0.39 is 12.5 Å². The molecule has 0 spiro atoms. The molecule has 0 saturated heterocycles. The van der Waals surface area contributed by atoms with Gasteiger partial charge in [-0.05, 0) is 25.1 Å². The number of nitrogens with zero attached hydrogens (tertiary/aromatic N) is 1. The highest BCUT2D eigenvalue weighted by atomic mass is 19.3. The lowest BCUT2D eigenvalue weighted by Gasteiger charge is -2.14. The summed E-state index contributed by atoms with van der Waals surface area (Å²) in [5.41, 5.74) is 2.31. The van der Waals surface area contributed by atoms with Crippen LogP contribution in [-0.2, 0) is 5.41 Å². The van der Waals surface area contributed by atoms with E-state index in [-0.39, 0.29) is 5.41 Å². The molecule has 0 aliphatic carbocycles. The molecule has 3 nitrogen and oxygen atoms in total. The van der Waals surface area contributed by atoms with Crippen molar-refractivity contribution in [2.75, 3.05) is 5.32 Å². The molecule has 0 fully saturated rings. The van der Waals surface area contributed by atoms with E-state index in [1.54, 1.807) is 6.07 Å². The topological polar surface area (TPSA) is 40.7 Å². The largest absolute Gasteiger partial charge is 0.377 e. The molecule has 5 heteroatoms. The van der Waals surface area contributed by atoms with Crippen LogP contribution in [0.5, 0.6) is 0 Å². The van der Waals surface area contributed by atoms with Crippen LogP contribution < -0.4 is 5.32 Å². The van der Waals surface area contributed by atoms with Crippen molar-refractivity contribution in [3.8, 4) is 0 Å². The maximum Gasteiger partial charge on any atom is 0.258 e. The van der Waals surface area contributed by atoms with E-state index in [1.807, 2.05) is 12.1 Å². The molecule has 0 aliphatic rings. The second-order valence-corrected chi connectivity index (χ2v) is 5.83. The predicted octanol–water partition coefficient (Wildman–Crippen LogP) is 3.93. The number of anilines is 1. The fraction of sp³-hybridized carbons (Fsp3) is 0.500. The van der Waals surface area contributed by atoms with Gasteiger partial charge in [-0.3, -0.25) is 0 Å². The maximum absolute atomic E-state index is 12.5. The van der Waals surface area contributed by atoms with Crippen molar-refractivity contribution in [2.24, 2.45) is 0 Å². The van der Waals surface area contributed by atoms with Crippen LogP contribution in [0.2, 0.25) is 0 Å². The van der Waals surface area contributed by atoms with Crippen molar-refractivity contribution >= 4 is 16.7 Å². The summed E-state index contributed by atoms with van der Waals surface area (Å²) in [6.07, 6.45) is -2.39. The van der Waals surface area contributed by atoms with E-state index in [9.17, 15) is 8.78 Å². The SMILES string of the molecule is CC(Nc1ccc2nc(C(C)(C)C)[nH]c2c1)C(F)F. The fourth-order valence-corrected chi connectivity index (χ4v) is 1.78. The molecule has 0 radical (unpaired) electrons. The van der Waals surface area contributed by atoms with Crippen LogP contribution in [0.4, 0.5) is 14.5 Å². The van der Waals surface area contributed by atoms with E-state index in [4.69, 9.17) is 0 Å². The first-order valence-corrected chi connectivity index (χ1v) is 6.32. The van der Waals surface area contributed by atoms with Gasteiger partial charge in [-0.15, -0.1) is 0 Å². The normalized spacial score (nSPS) is 14.1. The maximum atomic E-state index is 12.5. The van der Waals surface area contributed by atoms with Crippen molar-refractivity contribution < 1.29 is 8.78 Å². The number of rotatable bonds is 3. The van der Waals surface area contributed by atoms with Crippen LogP contribution in [0.1, 0.15) is 33.5 Å². The Hall–Kier alpha value is -1.65. The van der Waals surface area contributed by atoms with Gasteiger partial charge in [-0.1, -0.05) is 20.8 Å². The Labute approximate surface area is 111 Å². The molecule has 0 aliphatic heterocycles. The van der Waals surface area contributed by atoms with Crippen LogP contribution in [-0.4, -0.2) is 22.4 Å². The fourth-order valence-electron chi connectivity index (χ4n) is 1.78. The number of nitrogens with one attached hydrogen (secondary N) is 2. The molecule has 2 aromatic rings. The summed E-state index contributed by atoms with van der Waals surface area (Å²) in [5, 5.41) is 2.78. The first kappa shape index (κ1) is 13.8. The van der Waals surface area contributed by atoms with E-state index in [0.717, 1.165) is 16.9 Å². The molecular weight excluding hydrogens is 248 g/mol. The standard InChI is InChI=1S/C14H19F2N3/c1-8(12(15)16)17-9-5-6-10-11(7-9)19-13(18-10)14(2,3)4/h5-8,12,17H,1-4H3,(H,18,19). The van der Waals surface area contributed by atoms with Crippen LogP contribution in [0.25, 0.3) is 11.0 Å². The average Bonchev–Trinajstić information content (AvgIpc) is 2.71. The molecule has 1 aromatic carbocycles. The highest BCUT2D eigenvalue weighted by Gasteiger charge is 2.19. The summed E-state index contributed by atoms with van der Waals surface area (Å²) in [6.45, 7) is 7.68. The number of fused-ring (bicyclic) bond motifs is 1. The lowest BCUT2D eigenvalue weighted by atomic mass is 9.96. The molecule has 2 rings (SSSR count). The molecule has 1 aromatic heterocycles. The van der Waals surface area contributed by atoms with Crippen molar-refractivity contribution in [3.63, 3.8) is 0 Å². The summed E-state index contributed by atoms with van der Waals surface area (Å²) in [4.78, 5) is 7.75. The van der Waals surface area contributed by atoms with Gasteiger partial charge in [0.25, 0.3) is 6.43 Å². The molecule has 0 bridgehead atoms. The van der Waals surface area contributed by atoms with E-state index >= 15 is 0 Å². The van der Waals surface area contributed by atoms with Crippen LogP contribution >= 0.6 is 0 Å². The summed E-state index contributed by atoms with van der Waals surface area (Å²) in [5.74, 6) is 0.890. The zero-order valence-electron chi connectivity index (χ0n) is 11.6. The van der Waals surface area contributed by atoms with Crippen LogP contribution in [0.15, 0.2) is 18.2 Å². The highest BCUT2D eigenvalue weighted by molar-refractivity contribution is 5.79. The van der Waals surface area contributed by atoms with Gasteiger partial charge in [-0.25, -0.2) is 13.8 Å². The van der Waals surface area contributed by atoms with Gasteiger partial charge in [0, 0.05) is 11.1 Å². The molecule has 19 heavy (non-hydrogen) atoms. The minimum Gasteiger partial charge on any atom is -0.377 e. The van der Waals surface area contributed by atoms with E-state index in [2.05, 4.69) is 36.1 Å². The lowest BCUT2D eigenvalue weighted by molar-refractivity contribution is 0.131. The number of alkyl halides is 2. The van der Waals surface area contributed by atoms with Gasteiger partial charge >= 0.3 is 0 Å². The molecular formula is C14H19F2N3.